The van der Waals surface area contributed by atoms with Crippen LogP contribution in [0.4, 0.5) is 10.5 Å². The van der Waals surface area contributed by atoms with Gasteiger partial charge >= 0.3 is 6.09 Å². The number of nitrogens with two attached hydrogens (primary N) is 1. The average Bonchev–Trinajstić information content (AvgIpc) is 2.55. The van der Waals surface area contributed by atoms with Crippen molar-refractivity contribution in [3.63, 3.8) is 0 Å². The standard InChI is InChI=1S/C14H14N4O7/c15-14(22)25-6-7-1-2-8(10(5-7)18(23)24)12(20)16-9-3-4-11(19)17-13(9)21/h1-2,5,9H,3-4,6H2,(H2,15,22)(H,16,20)(H,17,19,21). The minimum atomic E-state index is -1.04. The lowest BCUT2D eigenvalue weighted by Crippen LogP contribution is -2.52. The Morgan fingerprint density at radius 2 is 2.12 bits per heavy atom. The van der Waals surface area contributed by atoms with E-state index in [-0.39, 0.29) is 30.6 Å². The molecule has 0 spiro atoms. The smallest absolute Gasteiger partial charge is 0.404 e. The lowest BCUT2D eigenvalue weighted by Gasteiger charge is -2.21. The Labute approximate surface area is 140 Å². The van der Waals surface area contributed by atoms with Crippen LogP contribution in [0.5, 0.6) is 0 Å². The molecule has 1 atom stereocenters. The van der Waals surface area contributed by atoms with Crippen molar-refractivity contribution in [2.24, 2.45) is 5.73 Å². The van der Waals surface area contributed by atoms with Gasteiger partial charge in [0.15, 0.2) is 0 Å². The maximum absolute atomic E-state index is 12.3. The fourth-order valence-electron chi connectivity index (χ4n) is 2.23. The number of carbonyl (C=O) groups excluding carboxylic acids is 4. The Morgan fingerprint density at radius 3 is 2.72 bits per heavy atom. The van der Waals surface area contributed by atoms with Crippen LogP contribution < -0.4 is 16.4 Å². The van der Waals surface area contributed by atoms with E-state index in [0.29, 0.717) is 0 Å². The molecule has 1 saturated heterocycles. The monoisotopic (exact) mass is 350 g/mol. The second kappa shape index (κ2) is 7.38. The molecule has 1 aromatic rings. The number of amides is 4. The van der Waals surface area contributed by atoms with Gasteiger partial charge in [0, 0.05) is 12.5 Å². The van der Waals surface area contributed by atoms with Gasteiger partial charge in [-0.15, -0.1) is 0 Å². The number of nitro groups is 1. The van der Waals surface area contributed by atoms with Crippen LogP contribution in [0.1, 0.15) is 28.8 Å². The van der Waals surface area contributed by atoms with Gasteiger partial charge < -0.3 is 15.8 Å². The molecular weight excluding hydrogens is 336 g/mol. The highest BCUT2D eigenvalue weighted by molar-refractivity contribution is 6.04. The number of imide groups is 1. The van der Waals surface area contributed by atoms with Gasteiger partial charge in [0.2, 0.25) is 11.8 Å². The SMILES string of the molecule is NC(=O)OCc1ccc(C(=O)NC2CCC(=O)NC2=O)c([N+](=O)[O-])c1. The molecule has 0 aliphatic carbocycles. The molecule has 0 aromatic heterocycles. The van der Waals surface area contributed by atoms with E-state index in [2.05, 4.69) is 15.4 Å². The Kier molecular flexibility index (Phi) is 5.27. The van der Waals surface area contributed by atoms with Crippen molar-refractivity contribution in [2.45, 2.75) is 25.5 Å². The topological polar surface area (TPSA) is 171 Å². The van der Waals surface area contributed by atoms with Crippen LogP contribution >= 0.6 is 0 Å². The second-order valence-corrected chi connectivity index (χ2v) is 5.19. The van der Waals surface area contributed by atoms with Gasteiger partial charge in [-0.1, -0.05) is 6.07 Å². The summed E-state index contributed by atoms with van der Waals surface area (Å²) in [5.41, 5.74) is 4.30. The van der Waals surface area contributed by atoms with Crippen LogP contribution in [0, 0.1) is 10.1 Å². The molecule has 1 aliphatic rings. The highest BCUT2D eigenvalue weighted by atomic mass is 16.6. The summed E-state index contributed by atoms with van der Waals surface area (Å²) in [6, 6.07) is 2.65. The van der Waals surface area contributed by atoms with Crippen LogP contribution in [0.2, 0.25) is 0 Å². The Morgan fingerprint density at radius 1 is 1.40 bits per heavy atom. The van der Waals surface area contributed by atoms with Gasteiger partial charge in [-0.25, -0.2) is 4.79 Å². The van der Waals surface area contributed by atoms with Crippen molar-refractivity contribution in [2.75, 3.05) is 0 Å². The van der Waals surface area contributed by atoms with Gasteiger partial charge in [-0.2, -0.15) is 0 Å². The minimum absolute atomic E-state index is 0.0577. The third kappa shape index (κ3) is 4.50. The fraction of sp³-hybridized carbons (Fsp3) is 0.286. The molecule has 11 heteroatoms. The Bertz CT molecular complexity index is 762. The first-order chi connectivity index (χ1) is 11.8. The number of nitrogens with one attached hydrogen (secondary N) is 2. The summed E-state index contributed by atoms with van der Waals surface area (Å²) in [5.74, 6) is -1.94. The molecule has 1 aromatic carbocycles. The third-order valence-electron chi connectivity index (χ3n) is 3.43. The number of hydrogen-bond acceptors (Lipinski definition) is 7. The molecule has 4 N–H and O–H groups in total. The zero-order chi connectivity index (χ0) is 18.6. The van der Waals surface area contributed by atoms with Crippen LogP contribution in [-0.2, 0) is 20.9 Å². The van der Waals surface area contributed by atoms with Crippen molar-refractivity contribution in [3.8, 4) is 0 Å². The molecule has 132 valence electrons. The summed E-state index contributed by atoms with van der Waals surface area (Å²) >= 11 is 0. The highest BCUT2D eigenvalue weighted by Crippen LogP contribution is 2.21. The quantitative estimate of drug-likeness (QED) is 0.372. The molecule has 0 bridgehead atoms. The van der Waals surface area contributed by atoms with E-state index in [1.54, 1.807) is 0 Å². The largest absolute Gasteiger partial charge is 0.445 e. The van der Waals surface area contributed by atoms with E-state index in [4.69, 9.17) is 5.73 Å². The van der Waals surface area contributed by atoms with Gasteiger partial charge in [-0.3, -0.25) is 29.8 Å². The maximum Gasteiger partial charge on any atom is 0.404 e. The van der Waals surface area contributed by atoms with Crippen molar-refractivity contribution < 1.29 is 28.8 Å². The zero-order valence-corrected chi connectivity index (χ0v) is 12.8. The highest BCUT2D eigenvalue weighted by Gasteiger charge is 2.30. The maximum atomic E-state index is 12.3. The van der Waals surface area contributed by atoms with E-state index < -0.39 is 40.5 Å². The Hall–Kier alpha value is -3.50. The average molecular weight is 350 g/mol. The van der Waals surface area contributed by atoms with Crippen molar-refractivity contribution in [1.82, 2.24) is 10.6 Å². The van der Waals surface area contributed by atoms with Crippen LogP contribution in [0.3, 0.4) is 0 Å². The molecule has 0 saturated carbocycles. The number of primary amides is 1. The van der Waals surface area contributed by atoms with Crippen molar-refractivity contribution >= 4 is 29.5 Å². The molecule has 11 nitrogen and oxygen atoms in total. The van der Waals surface area contributed by atoms with Crippen molar-refractivity contribution in [1.29, 1.82) is 0 Å². The van der Waals surface area contributed by atoms with Gasteiger partial charge in [0.25, 0.3) is 11.6 Å². The number of piperidine rings is 1. The predicted octanol–water partition coefficient (Wildman–Crippen LogP) is -0.275. The van der Waals surface area contributed by atoms with E-state index >= 15 is 0 Å². The molecule has 2 rings (SSSR count). The van der Waals surface area contributed by atoms with E-state index in [0.717, 1.165) is 6.07 Å². The lowest BCUT2D eigenvalue weighted by atomic mass is 10.0. The van der Waals surface area contributed by atoms with E-state index in [1.165, 1.54) is 12.1 Å². The third-order valence-corrected chi connectivity index (χ3v) is 3.43. The summed E-state index contributed by atoms with van der Waals surface area (Å²) < 4.78 is 4.54. The van der Waals surface area contributed by atoms with Gasteiger partial charge in [0.1, 0.15) is 18.2 Å². The lowest BCUT2D eigenvalue weighted by molar-refractivity contribution is -0.385. The molecule has 25 heavy (non-hydrogen) atoms. The first-order valence-corrected chi connectivity index (χ1v) is 7.12. The molecule has 0 radical (unpaired) electrons. The molecule has 1 aliphatic heterocycles. The first-order valence-electron chi connectivity index (χ1n) is 7.12. The molecular formula is C14H14N4O7. The summed E-state index contributed by atoms with van der Waals surface area (Å²) in [7, 11) is 0. The zero-order valence-electron chi connectivity index (χ0n) is 12.8. The Balaban J connectivity index is 2.17. The summed E-state index contributed by atoms with van der Waals surface area (Å²) in [5, 5.41) is 15.6. The van der Waals surface area contributed by atoms with E-state index in [1.807, 2.05) is 0 Å². The number of hydrogen-bond donors (Lipinski definition) is 3. The number of rotatable bonds is 5. The number of benzene rings is 1. The van der Waals surface area contributed by atoms with Crippen LogP contribution in [0.15, 0.2) is 18.2 Å². The molecule has 4 amide bonds. The van der Waals surface area contributed by atoms with E-state index in [9.17, 15) is 29.3 Å². The summed E-state index contributed by atoms with van der Waals surface area (Å²) in [6.45, 7) is -0.286. The molecule has 1 heterocycles. The first kappa shape index (κ1) is 17.8. The normalized spacial score (nSPS) is 16.7. The minimum Gasteiger partial charge on any atom is -0.445 e. The summed E-state index contributed by atoms with van der Waals surface area (Å²) in [4.78, 5) is 56.0. The number of nitrogens with zero attached hydrogens (tertiary/aromatic N) is 1. The van der Waals surface area contributed by atoms with Gasteiger partial charge in [0.05, 0.1) is 4.92 Å². The number of nitro benzene ring substituents is 1. The van der Waals surface area contributed by atoms with Gasteiger partial charge in [-0.05, 0) is 18.1 Å². The number of ether oxygens (including phenoxy) is 1. The molecule has 1 fully saturated rings. The second-order valence-electron chi connectivity index (χ2n) is 5.19. The number of carbonyl (C=O) groups is 4. The molecule has 1 unspecified atom stereocenters. The van der Waals surface area contributed by atoms with Crippen LogP contribution in [-0.4, -0.2) is 34.8 Å². The van der Waals surface area contributed by atoms with Crippen LogP contribution in [0.25, 0.3) is 0 Å². The predicted molar refractivity (Wildman–Crippen MR) is 81.1 cm³/mol. The fourth-order valence-corrected chi connectivity index (χ4v) is 2.23. The summed E-state index contributed by atoms with van der Waals surface area (Å²) in [6.07, 6.45) is -0.876. The van der Waals surface area contributed by atoms with Crippen molar-refractivity contribution in [3.05, 3.63) is 39.4 Å².